The highest BCUT2D eigenvalue weighted by Crippen LogP contribution is 2.34. The van der Waals surface area contributed by atoms with Crippen molar-refractivity contribution in [3.8, 4) is 0 Å². The molecule has 0 unspecified atom stereocenters. The number of halogens is 1. The molecule has 1 aromatic carbocycles. The van der Waals surface area contributed by atoms with Crippen LogP contribution in [-0.4, -0.2) is 21.7 Å². The Labute approximate surface area is 210 Å². The molecule has 0 aliphatic rings. The SMILES string of the molecule is CCCc1cc(C)n(N)c(=O)c1CNC(=O)c1cc(Cl)cc2c1c(C)c(CCN=NN)n2C(C)C. The predicted octanol–water partition coefficient (Wildman–Crippen LogP) is 4.12. The van der Waals surface area contributed by atoms with Gasteiger partial charge < -0.3 is 21.6 Å². The second-order valence-electron chi connectivity index (χ2n) is 9.01. The predicted molar refractivity (Wildman–Crippen MR) is 140 cm³/mol. The van der Waals surface area contributed by atoms with Crippen LogP contribution in [0.2, 0.25) is 5.02 Å². The maximum Gasteiger partial charge on any atom is 0.274 e. The first-order chi connectivity index (χ1) is 16.6. The van der Waals surface area contributed by atoms with Crippen LogP contribution in [-0.2, 0) is 19.4 Å². The first-order valence-electron chi connectivity index (χ1n) is 11.8. The van der Waals surface area contributed by atoms with Crippen LogP contribution in [0.3, 0.4) is 0 Å². The van der Waals surface area contributed by atoms with Crippen molar-refractivity contribution in [1.29, 1.82) is 0 Å². The fourth-order valence-corrected chi connectivity index (χ4v) is 4.95. The number of nitrogens with zero attached hydrogens (tertiary/aromatic N) is 4. The second kappa shape index (κ2) is 10.9. The number of aryl methyl sites for hydroxylation is 3. The van der Waals surface area contributed by atoms with Gasteiger partial charge in [0, 0.05) is 46.4 Å². The highest BCUT2D eigenvalue weighted by Gasteiger charge is 2.23. The summed E-state index contributed by atoms with van der Waals surface area (Å²) in [5.41, 5.74) is 5.13. The topological polar surface area (TPSA) is 133 Å². The zero-order valence-electron chi connectivity index (χ0n) is 21.0. The third-order valence-corrected chi connectivity index (χ3v) is 6.52. The number of nitrogens with one attached hydrogen (secondary N) is 1. The molecule has 0 saturated heterocycles. The largest absolute Gasteiger partial charge is 0.348 e. The lowest BCUT2D eigenvalue weighted by Crippen LogP contribution is -2.36. The van der Waals surface area contributed by atoms with Gasteiger partial charge in [-0.1, -0.05) is 30.2 Å². The van der Waals surface area contributed by atoms with E-state index in [-0.39, 0.29) is 24.1 Å². The van der Waals surface area contributed by atoms with Crippen LogP contribution in [0.5, 0.6) is 0 Å². The van der Waals surface area contributed by atoms with E-state index in [4.69, 9.17) is 23.3 Å². The first-order valence-corrected chi connectivity index (χ1v) is 12.2. The van der Waals surface area contributed by atoms with Crippen molar-refractivity contribution in [3.05, 3.63) is 67.2 Å². The third-order valence-electron chi connectivity index (χ3n) is 6.30. The number of carbonyl (C=O) groups is 1. The third kappa shape index (κ3) is 5.19. The molecule has 3 aromatic rings. The van der Waals surface area contributed by atoms with Gasteiger partial charge >= 0.3 is 0 Å². The van der Waals surface area contributed by atoms with Gasteiger partial charge in [0.1, 0.15) is 0 Å². The molecule has 188 valence electrons. The number of nitrogen functional groups attached to an aromatic ring is 1. The highest BCUT2D eigenvalue weighted by molar-refractivity contribution is 6.32. The van der Waals surface area contributed by atoms with Gasteiger partial charge in [-0.25, -0.2) is 4.68 Å². The molecule has 0 atom stereocenters. The summed E-state index contributed by atoms with van der Waals surface area (Å²) in [6, 6.07) is 5.59. The number of pyridine rings is 1. The Kier molecular flexibility index (Phi) is 8.22. The number of nitrogens with two attached hydrogens (primary N) is 2. The van der Waals surface area contributed by atoms with Crippen LogP contribution in [0.4, 0.5) is 0 Å². The minimum absolute atomic E-state index is 0.0756. The van der Waals surface area contributed by atoms with E-state index in [0.29, 0.717) is 34.8 Å². The maximum absolute atomic E-state index is 13.5. The van der Waals surface area contributed by atoms with E-state index >= 15 is 0 Å². The van der Waals surface area contributed by atoms with Crippen LogP contribution in [0.25, 0.3) is 10.9 Å². The summed E-state index contributed by atoms with van der Waals surface area (Å²) in [6.07, 6.45) is 2.22. The lowest BCUT2D eigenvalue weighted by molar-refractivity contribution is 0.0952. The van der Waals surface area contributed by atoms with Crippen molar-refractivity contribution in [1.82, 2.24) is 14.6 Å². The summed E-state index contributed by atoms with van der Waals surface area (Å²) in [5.74, 6) is 10.8. The molecular weight excluding hydrogens is 466 g/mol. The molecular formula is C25H34ClN7O2. The second-order valence-corrected chi connectivity index (χ2v) is 9.45. The molecule has 0 radical (unpaired) electrons. The van der Waals surface area contributed by atoms with Crippen LogP contribution < -0.4 is 22.6 Å². The zero-order chi connectivity index (χ0) is 25.9. The summed E-state index contributed by atoms with van der Waals surface area (Å²) in [6.45, 7) is 10.5. The molecule has 0 saturated carbocycles. The molecule has 0 aliphatic heterocycles. The lowest BCUT2D eigenvalue weighted by Gasteiger charge is -2.15. The molecule has 0 bridgehead atoms. The minimum atomic E-state index is -0.305. The van der Waals surface area contributed by atoms with E-state index in [1.165, 1.54) is 0 Å². The number of hydrogen-bond donors (Lipinski definition) is 3. The van der Waals surface area contributed by atoms with E-state index in [0.717, 1.165) is 45.2 Å². The fraction of sp³-hybridized carbons (Fsp3) is 0.440. The van der Waals surface area contributed by atoms with Crippen LogP contribution >= 0.6 is 11.6 Å². The Morgan fingerprint density at radius 1 is 1.20 bits per heavy atom. The monoisotopic (exact) mass is 499 g/mol. The Bertz CT molecular complexity index is 1340. The number of hydrogen-bond acceptors (Lipinski definition) is 5. The van der Waals surface area contributed by atoms with Crippen molar-refractivity contribution in [3.63, 3.8) is 0 Å². The summed E-state index contributed by atoms with van der Waals surface area (Å²) < 4.78 is 3.29. The molecule has 35 heavy (non-hydrogen) atoms. The van der Waals surface area contributed by atoms with Gasteiger partial charge in [-0.15, -0.1) is 0 Å². The quantitative estimate of drug-likeness (QED) is 0.232. The van der Waals surface area contributed by atoms with Gasteiger partial charge in [0.2, 0.25) is 0 Å². The number of amides is 1. The fourth-order valence-electron chi connectivity index (χ4n) is 4.73. The zero-order valence-corrected chi connectivity index (χ0v) is 21.7. The Balaban J connectivity index is 2.06. The Hall–Kier alpha value is -3.33. The molecule has 10 heteroatoms. The van der Waals surface area contributed by atoms with Crippen LogP contribution in [0.1, 0.15) is 71.7 Å². The summed E-state index contributed by atoms with van der Waals surface area (Å²) in [5, 5.41) is 11.5. The van der Waals surface area contributed by atoms with Gasteiger partial charge in [-0.05, 0) is 63.4 Å². The van der Waals surface area contributed by atoms with Crippen molar-refractivity contribution in [2.24, 2.45) is 16.2 Å². The average molecular weight is 500 g/mol. The maximum atomic E-state index is 13.5. The summed E-state index contributed by atoms with van der Waals surface area (Å²) in [4.78, 5) is 26.3. The molecule has 3 rings (SSSR count). The normalized spacial score (nSPS) is 11.7. The molecule has 5 N–H and O–H groups in total. The molecule has 2 aromatic heterocycles. The van der Waals surface area contributed by atoms with E-state index in [1.54, 1.807) is 13.0 Å². The number of rotatable bonds is 9. The molecule has 0 aliphatic carbocycles. The molecule has 0 fully saturated rings. The molecule has 9 nitrogen and oxygen atoms in total. The van der Waals surface area contributed by atoms with Gasteiger partial charge in [-0.3, -0.25) is 9.59 Å². The van der Waals surface area contributed by atoms with Gasteiger partial charge in [-0.2, -0.15) is 5.11 Å². The van der Waals surface area contributed by atoms with E-state index in [9.17, 15) is 9.59 Å². The summed E-state index contributed by atoms with van der Waals surface area (Å²) in [7, 11) is 0. The van der Waals surface area contributed by atoms with Crippen molar-refractivity contribution in [2.75, 3.05) is 12.4 Å². The van der Waals surface area contributed by atoms with Gasteiger partial charge in [0.05, 0.1) is 17.6 Å². The first kappa shape index (κ1) is 26.3. The Morgan fingerprint density at radius 3 is 2.54 bits per heavy atom. The standard InChI is InChI=1S/C25H34ClN7O2/c1-6-7-17-10-15(4)33(28)25(35)20(17)13-29-24(34)19-11-18(26)12-22-23(19)16(5)21(8-9-30-31-27)32(22)14(2)3/h10-12,14H,6-9,13,28H2,1-5H3,(H2,27,30)(H,29,34). The van der Waals surface area contributed by atoms with Gasteiger partial charge in [0.25, 0.3) is 11.5 Å². The van der Waals surface area contributed by atoms with Crippen LogP contribution in [0.15, 0.2) is 33.3 Å². The summed E-state index contributed by atoms with van der Waals surface area (Å²) >= 11 is 6.47. The van der Waals surface area contributed by atoms with Gasteiger partial charge in [0.15, 0.2) is 0 Å². The molecule has 2 heterocycles. The highest BCUT2D eigenvalue weighted by atomic mass is 35.5. The Morgan fingerprint density at radius 2 is 1.91 bits per heavy atom. The van der Waals surface area contributed by atoms with Crippen molar-refractivity contribution in [2.45, 2.75) is 66.5 Å². The van der Waals surface area contributed by atoms with E-state index in [1.807, 2.05) is 26.0 Å². The smallest absolute Gasteiger partial charge is 0.274 e. The molecule has 1 amide bonds. The number of carbonyl (C=O) groups excluding carboxylic acids is 1. The van der Waals surface area contributed by atoms with Crippen molar-refractivity contribution >= 4 is 28.4 Å². The minimum Gasteiger partial charge on any atom is -0.348 e. The van der Waals surface area contributed by atoms with Crippen molar-refractivity contribution < 1.29 is 4.79 Å². The number of fused-ring (bicyclic) bond motifs is 1. The number of benzene rings is 1. The number of aromatic nitrogens is 2. The molecule has 0 spiro atoms. The van der Waals surface area contributed by atoms with Crippen LogP contribution in [0, 0.1) is 13.8 Å². The van der Waals surface area contributed by atoms with E-state index < -0.39 is 0 Å². The van der Waals surface area contributed by atoms with E-state index in [2.05, 4.69) is 34.1 Å². The lowest BCUT2D eigenvalue weighted by atomic mass is 10.0. The average Bonchev–Trinajstić information content (AvgIpc) is 3.08.